The Hall–Kier alpha value is -0.610. The number of hydrogen-bond donors (Lipinski definition) is 0. The molecule has 4 heteroatoms. The van der Waals surface area contributed by atoms with Gasteiger partial charge in [-0.3, -0.25) is 0 Å². The number of rotatable bonds is 3. The van der Waals surface area contributed by atoms with Gasteiger partial charge in [0.05, 0.1) is 10.6 Å². The summed E-state index contributed by atoms with van der Waals surface area (Å²) in [6, 6.07) is 4.50. The van der Waals surface area contributed by atoms with Crippen molar-refractivity contribution in [1.29, 1.82) is 0 Å². The van der Waals surface area contributed by atoms with Gasteiger partial charge in [0.2, 0.25) is 0 Å². The van der Waals surface area contributed by atoms with E-state index in [1.165, 1.54) is 12.1 Å². The molecule has 1 aromatic carbocycles. The van der Waals surface area contributed by atoms with Crippen LogP contribution in [0.4, 0.5) is 4.39 Å². The number of methoxy groups -OCH3 is 1. The van der Waals surface area contributed by atoms with Crippen LogP contribution in [0, 0.1) is 5.82 Å². The third kappa shape index (κ3) is 3.42. The molecule has 0 N–H and O–H groups in total. The topological polar surface area (TPSA) is 18.5 Å². The van der Waals surface area contributed by atoms with Crippen LogP contribution in [0.1, 0.15) is 25.7 Å². The fourth-order valence-electron chi connectivity index (χ4n) is 2.17. The molecule has 0 heterocycles. The Labute approximate surface area is 109 Å². The Morgan fingerprint density at radius 2 is 2.06 bits per heavy atom. The first-order valence-corrected chi connectivity index (χ1v) is 6.63. The summed E-state index contributed by atoms with van der Waals surface area (Å²) in [5.41, 5.74) is 0. The molecule has 2 nitrogen and oxygen atoms in total. The SMILES string of the molecule is COC1CCCC(Oc2cc(F)ccc2Br)C1. The molecule has 0 spiro atoms. The number of benzene rings is 1. The number of hydrogen-bond acceptors (Lipinski definition) is 2. The van der Waals surface area contributed by atoms with Crippen LogP contribution in [0.15, 0.2) is 22.7 Å². The van der Waals surface area contributed by atoms with Gasteiger partial charge in [-0.05, 0) is 47.3 Å². The van der Waals surface area contributed by atoms with E-state index in [-0.39, 0.29) is 18.0 Å². The third-order valence-electron chi connectivity index (χ3n) is 3.10. The lowest BCUT2D eigenvalue weighted by molar-refractivity contribution is 0.0206. The third-order valence-corrected chi connectivity index (χ3v) is 3.75. The van der Waals surface area contributed by atoms with E-state index in [0.29, 0.717) is 5.75 Å². The first kappa shape index (κ1) is 12.8. The summed E-state index contributed by atoms with van der Waals surface area (Å²) in [4.78, 5) is 0. The Morgan fingerprint density at radius 1 is 1.29 bits per heavy atom. The van der Waals surface area contributed by atoms with Gasteiger partial charge in [-0.25, -0.2) is 4.39 Å². The molecule has 0 aromatic heterocycles. The van der Waals surface area contributed by atoms with Crippen LogP contribution in [-0.4, -0.2) is 19.3 Å². The Balaban J connectivity index is 2.02. The van der Waals surface area contributed by atoms with Crippen molar-refractivity contribution >= 4 is 15.9 Å². The van der Waals surface area contributed by atoms with Crippen LogP contribution in [0.3, 0.4) is 0 Å². The summed E-state index contributed by atoms with van der Waals surface area (Å²) >= 11 is 3.37. The molecule has 1 fully saturated rings. The van der Waals surface area contributed by atoms with E-state index in [1.54, 1.807) is 13.2 Å². The molecule has 94 valence electrons. The van der Waals surface area contributed by atoms with Crippen molar-refractivity contribution in [1.82, 2.24) is 0 Å². The van der Waals surface area contributed by atoms with E-state index in [4.69, 9.17) is 9.47 Å². The minimum Gasteiger partial charge on any atom is -0.489 e. The van der Waals surface area contributed by atoms with Crippen LogP contribution < -0.4 is 4.74 Å². The van der Waals surface area contributed by atoms with Gasteiger partial charge in [-0.1, -0.05) is 0 Å². The van der Waals surface area contributed by atoms with E-state index in [2.05, 4.69) is 15.9 Å². The first-order valence-electron chi connectivity index (χ1n) is 5.83. The van der Waals surface area contributed by atoms with E-state index < -0.39 is 0 Å². The van der Waals surface area contributed by atoms with E-state index in [0.717, 1.165) is 30.2 Å². The summed E-state index contributed by atoms with van der Waals surface area (Å²) in [6.07, 6.45) is 4.44. The molecule has 0 radical (unpaired) electrons. The maximum atomic E-state index is 13.1. The maximum Gasteiger partial charge on any atom is 0.136 e. The molecule has 2 unspecified atom stereocenters. The highest BCUT2D eigenvalue weighted by atomic mass is 79.9. The fraction of sp³-hybridized carbons (Fsp3) is 0.538. The van der Waals surface area contributed by atoms with Crippen LogP contribution in [-0.2, 0) is 4.74 Å². The zero-order valence-electron chi connectivity index (χ0n) is 9.79. The summed E-state index contributed by atoms with van der Waals surface area (Å²) in [6.45, 7) is 0. The number of ether oxygens (including phenoxy) is 2. The van der Waals surface area contributed by atoms with E-state index in [9.17, 15) is 4.39 Å². The van der Waals surface area contributed by atoms with Gasteiger partial charge in [-0.2, -0.15) is 0 Å². The zero-order valence-corrected chi connectivity index (χ0v) is 11.4. The lowest BCUT2D eigenvalue weighted by Crippen LogP contribution is -2.29. The molecule has 1 aromatic rings. The van der Waals surface area contributed by atoms with Crippen LogP contribution in [0.2, 0.25) is 0 Å². The monoisotopic (exact) mass is 302 g/mol. The summed E-state index contributed by atoms with van der Waals surface area (Å²) in [7, 11) is 1.73. The Kier molecular flexibility index (Phi) is 4.40. The van der Waals surface area contributed by atoms with Crippen LogP contribution in [0.5, 0.6) is 5.75 Å². The second-order valence-electron chi connectivity index (χ2n) is 4.34. The van der Waals surface area contributed by atoms with Crippen molar-refractivity contribution in [2.75, 3.05) is 7.11 Å². The van der Waals surface area contributed by atoms with Crippen molar-refractivity contribution in [2.45, 2.75) is 37.9 Å². The standard InChI is InChI=1S/C13H16BrFO2/c1-16-10-3-2-4-11(8-10)17-13-7-9(15)5-6-12(13)14/h5-7,10-11H,2-4,8H2,1H3. The molecule has 0 saturated heterocycles. The lowest BCUT2D eigenvalue weighted by Gasteiger charge is -2.29. The maximum absolute atomic E-state index is 13.1. The molecule has 1 saturated carbocycles. The van der Waals surface area contributed by atoms with Gasteiger partial charge in [0.15, 0.2) is 0 Å². The Bertz CT molecular complexity index is 384. The minimum absolute atomic E-state index is 0.117. The highest BCUT2D eigenvalue weighted by molar-refractivity contribution is 9.10. The predicted molar refractivity (Wildman–Crippen MR) is 67.8 cm³/mol. The smallest absolute Gasteiger partial charge is 0.136 e. The first-order chi connectivity index (χ1) is 8.19. The largest absolute Gasteiger partial charge is 0.489 e. The number of halogens is 2. The average Bonchev–Trinajstić information content (AvgIpc) is 2.34. The molecular weight excluding hydrogens is 287 g/mol. The van der Waals surface area contributed by atoms with Gasteiger partial charge >= 0.3 is 0 Å². The average molecular weight is 303 g/mol. The van der Waals surface area contributed by atoms with Gasteiger partial charge in [0, 0.05) is 19.6 Å². The molecule has 17 heavy (non-hydrogen) atoms. The highest BCUT2D eigenvalue weighted by Crippen LogP contribution is 2.30. The molecular formula is C13H16BrFO2. The second-order valence-corrected chi connectivity index (χ2v) is 5.19. The van der Waals surface area contributed by atoms with Crippen molar-refractivity contribution in [3.05, 3.63) is 28.5 Å². The molecule has 2 rings (SSSR count). The van der Waals surface area contributed by atoms with Crippen LogP contribution >= 0.6 is 15.9 Å². The van der Waals surface area contributed by atoms with E-state index in [1.807, 2.05) is 0 Å². The molecule has 0 amide bonds. The molecule has 0 aliphatic heterocycles. The normalized spacial score (nSPS) is 24.6. The summed E-state index contributed by atoms with van der Waals surface area (Å²) in [5.74, 6) is 0.300. The molecule has 0 bridgehead atoms. The highest BCUT2D eigenvalue weighted by Gasteiger charge is 2.23. The minimum atomic E-state index is -0.276. The van der Waals surface area contributed by atoms with E-state index >= 15 is 0 Å². The summed E-state index contributed by atoms with van der Waals surface area (Å²) in [5, 5.41) is 0. The van der Waals surface area contributed by atoms with Crippen LogP contribution in [0.25, 0.3) is 0 Å². The second kappa shape index (κ2) is 5.83. The molecule has 1 aliphatic carbocycles. The van der Waals surface area contributed by atoms with Gasteiger partial charge in [-0.15, -0.1) is 0 Å². The van der Waals surface area contributed by atoms with Gasteiger partial charge in [0.1, 0.15) is 17.7 Å². The predicted octanol–water partition coefficient (Wildman–Crippen LogP) is 3.92. The van der Waals surface area contributed by atoms with Crippen molar-refractivity contribution < 1.29 is 13.9 Å². The zero-order chi connectivity index (χ0) is 12.3. The quantitative estimate of drug-likeness (QED) is 0.842. The van der Waals surface area contributed by atoms with Gasteiger partial charge in [0.25, 0.3) is 0 Å². The fourth-order valence-corrected chi connectivity index (χ4v) is 2.51. The van der Waals surface area contributed by atoms with Crippen molar-refractivity contribution in [2.24, 2.45) is 0 Å². The van der Waals surface area contributed by atoms with Crippen molar-refractivity contribution in [3.63, 3.8) is 0 Å². The summed E-state index contributed by atoms with van der Waals surface area (Å²) < 4.78 is 25.1. The molecule has 2 atom stereocenters. The van der Waals surface area contributed by atoms with Crippen molar-refractivity contribution in [3.8, 4) is 5.75 Å². The van der Waals surface area contributed by atoms with Gasteiger partial charge < -0.3 is 9.47 Å². The molecule has 1 aliphatic rings. The Morgan fingerprint density at radius 3 is 2.82 bits per heavy atom. The lowest BCUT2D eigenvalue weighted by atomic mass is 9.95.